The Morgan fingerprint density at radius 2 is 1.77 bits per heavy atom. The van der Waals surface area contributed by atoms with E-state index in [1.54, 1.807) is 56.8 Å². The third kappa shape index (κ3) is 4.08. The van der Waals surface area contributed by atoms with Crippen molar-refractivity contribution in [3.05, 3.63) is 58.1 Å². The second-order valence-electron chi connectivity index (χ2n) is 4.32. The molecule has 2 aromatic carbocycles. The summed E-state index contributed by atoms with van der Waals surface area (Å²) >= 11 is 3.32. The molecular weight excluding hydrogens is 348 g/mol. The van der Waals surface area contributed by atoms with E-state index >= 15 is 0 Å². The van der Waals surface area contributed by atoms with Gasteiger partial charge in [-0.25, -0.2) is 5.43 Å². The van der Waals surface area contributed by atoms with Gasteiger partial charge in [0.2, 0.25) is 0 Å². The normalized spacial score (nSPS) is 10.5. The Kier molecular flexibility index (Phi) is 5.55. The predicted molar refractivity (Wildman–Crippen MR) is 88.7 cm³/mol. The molecule has 22 heavy (non-hydrogen) atoms. The van der Waals surface area contributed by atoms with Gasteiger partial charge < -0.3 is 9.47 Å². The lowest BCUT2D eigenvalue weighted by Gasteiger charge is -2.07. The van der Waals surface area contributed by atoms with Crippen molar-refractivity contribution in [3.63, 3.8) is 0 Å². The molecule has 0 aromatic heterocycles. The largest absolute Gasteiger partial charge is 0.493 e. The summed E-state index contributed by atoms with van der Waals surface area (Å²) in [7, 11) is 3.14. The fourth-order valence-corrected chi connectivity index (χ4v) is 2.03. The van der Waals surface area contributed by atoms with E-state index in [1.807, 2.05) is 6.07 Å². The van der Waals surface area contributed by atoms with Crippen molar-refractivity contribution >= 4 is 28.1 Å². The van der Waals surface area contributed by atoms with E-state index in [4.69, 9.17) is 9.47 Å². The summed E-state index contributed by atoms with van der Waals surface area (Å²) in [5.41, 5.74) is 3.80. The molecule has 1 amide bonds. The molecule has 0 aliphatic rings. The van der Waals surface area contributed by atoms with Crippen LogP contribution in [0.5, 0.6) is 11.5 Å². The first-order valence-electron chi connectivity index (χ1n) is 6.45. The minimum atomic E-state index is -0.274. The van der Waals surface area contributed by atoms with Gasteiger partial charge in [0.25, 0.3) is 5.91 Å². The SMILES string of the molecule is COc1ccc(C=NNC(=O)c2ccc(Br)cc2)cc1OC. The van der Waals surface area contributed by atoms with Crippen molar-refractivity contribution in [2.24, 2.45) is 5.10 Å². The molecule has 0 saturated carbocycles. The maximum Gasteiger partial charge on any atom is 0.271 e. The highest BCUT2D eigenvalue weighted by Gasteiger charge is 2.04. The molecule has 2 aromatic rings. The summed E-state index contributed by atoms with van der Waals surface area (Å²) < 4.78 is 11.3. The van der Waals surface area contributed by atoms with Crippen molar-refractivity contribution in [1.29, 1.82) is 0 Å². The Balaban J connectivity index is 2.03. The summed E-state index contributed by atoms with van der Waals surface area (Å²) in [5.74, 6) is 0.966. The van der Waals surface area contributed by atoms with Crippen LogP contribution < -0.4 is 14.9 Å². The number of hydrogen-bond acceptors (Lipinski definition) is 4. The van der Waals surface area contributed by atoms with Crippen molar-refractivity contribution in [3.8, 4) is 11.5 Å². The number of rotatable bonds is 5. The molecule has 0 atom stereocenters. The Morgan fingerprint density at radius 3 is 2.41 bits per heavy atom. The van der Waals surface area contributed by atoms with Crippen molar-refractivity contribution < 1.29 is 14.3 Å². The van der Waals surface area contributed by atoms with E-state index < -0.39 is 0 Å². The number of carbonyl (C=O) groups is 1. The lowest BCUT2D eigenvalue weighted by atomic mass is 10.2. The number of carbonyl (C=O) groups excluding carboxylic acids is 1. The average Bonchev–Trinajstić information content (AvgIpc) is 2.55. The highest BCUT2D eigenvalue weighted by Crippen LogP contribution is 2.26. The Labute approximate surface area is 137 Å². The van der Waals surface area contributed by atoms with E-state index in [0.717, 1.165) is 10.0 Å². The zero-order valence-corrected chi connectivity index (χ0v) is 13.8. The average molecular weight is 363 g/mol. The summed E-state index contributed by atoms with van der Waals surface area (Å²) in [6.45, 7) is 0. The Hall–Kier alpha value is -2.34. The minimum Gasteiger partial charge on any atom is -0.493 e. The molecule has 0 heterocycles. The number of hydrogen-bond donors (Lipinski definition) is 1. The molecule has 0 saturated heterocycles. The topological polar surface area (TPSA) is 59.9 Å². The van der Waals surface area contributed by atoms with Gasteiger partial charge in [-0.05, 0) is 48.0 Å². The van der Waals surface area contributed by atoms with Crippen LogP contribution in [0.15, 0.2) is 52.0 Å². The van der Waals surface area contributed by atoms with Gasteiger partial charge in [0.1, 0.15) is 0 Å². The lowest BCUT2D eigenvalue weighted by Crippen LogP contribution is -2.17. The molecule has 1 N–H and O–H groups in total. The van der Waals surface area contributed by atoms with Crippen LogP contribution in [0.3, 0.4) is 0 Å². The van der Waals surface area contributed by atoms with Crippen LogP contribution in [0.25, 0.3) is 0 Å². The zero-order chi connectivity index (χ0) is 15.9. The molecule has 6 heteroatoms. The standard InChI is InChI=1S/C16H15BrN2O3/c1-21-14-8-3-11(9-15(14)22-2)10-18-19-16(20)12-4-6-13(17)7-5-12/h3-10H,1-2H3,(H,19,20). The summed E-state index contributed by atoms with van der Waals surface area (Å²) in [4.78, 5) is 11.9. The molecule has 0 unspecified atom stereocenters. The molecule has 0 aliphatic heterocycles. The van der Waals surface area contributed by atoms with Crippen LogP contribution in [-0.2, 0) is 0 Å². The highest BCUT2D eigenvalue weighted by atomic mass is 79.9. The first-order valence-corrected chi connectivity index (χ1v) is 7.24. The van der Waals surface area contributed by atoms with Crippen LogP contribution in [0, 0.1) is 0 Å². The molecule has 0 bridgehead atoms. The van der Waals surface area contributed by atoms with E-state index in [0.29, 0.717) is 17.1 Å². The number of nitrogens with one attached hydrogen (secondary N) is 1. The fourth-order valence-electron chi connectivity index (χ4n) is 1.76. The van der Waals surface area contributed by atoms with Gasteiger partial charge in [0.05, 0.1) is 20.4 Å². The number of halogens is 1. The first kappa shape index (κ1) is 16.0. The van der Waals surface area contributed by atoms with E-state index in [2.05, 4.69) is 26.5 Å². The Morgan fingerprint density at radius 1 is 1.09 bits per heavy atom. The maximum absolute atomic E-state index is 11.9. The van der Waals surface area contributed by atoms with Gasteiger partial charge in [-0.2, -0.15) is 5.10 Å². The third-order valence-electron chi connectivity index (χ3n) is 2.89. The van der Waals surface area contributed by atoms with Crippen molar-refractivity contribution in [1.82, 2.24) is 5.43 Å². The number of nitrogens with zero attached hydrogens (tertiary/aromatic N) is 1. The quantitative estimate of drug-likeness (QED) is 0.656. The zero-order valence-electron chi connectivity index (χ0n) is 12.2. The van der Waals surface area contributed by atoms with Crippen molar-refractivity contribution in [2.75, 3.05) is 14.2 Å². The maximum atomic E-state index is 11.9. The van der Waals surface area contributed by atoms with Gasteiger partial charge in [0, 0.05) is 10.0 Å². The van der Waals surface area contributed by atoms with Gasteiger partial charge >= 0.3 is 0 Å². The number of hydrazone groups is 1. The number of amides is 1. The molecule has 2 rings (SSSR count). The fraction of sp³-hybridized carbons (Fsp3) is 0.125. The monoisotopic (exact) mass is 362 g/mol. The summed E-state index contributed by atoms with van der Waals surface area (Å²) in [6, 6.07) is 12.4. The minimum absolute atomic E-state index is 0.274. The third-order valence-corrected chi connectivity index (χ3v) is 3.42. The van der Waals surface area contributed by atoms with Gasteiger partial charge in [0.15, 0.2) is 11.5 Å². The molecule has 0 radical (unpaired) electrons. The number of methoxy groups -OCH3 is 2. The first-order chi connectivity index (χ1) is 10.6. The molecule has 0 fully saturated rings. The number of ether oxygens (including phenoxy) is 2. The van der Waals surface area contributed by atoms with Gasteiger partial charge in [-0.3, -0.25) is 4.79 Å². The van der Waals surface area contributed by atoms with Gasteiger partial charge in [-0.15, -0.1) is 0 Å². The smallest absolute Gasteiger partial charge is 0.271 e. The van der Waals surface area contributed by atoms with E-state index in [1.165, 1.54) is 0 Å². The van der Waals surface area contributed by atoms with E-state index in [9.17, 15) is 4.79 Å². The van der Waals surface area contributed by atoms with Gasteiger partial charge in [-0.1, -0.05) is 15.9 Å². The van der Waals surface area contributed by atoms with Crippen LogP contribution in [0.4, 0.5) is 0 Å². The van der Waals surface area contributed by atoms with Crippen molar-refractivity contribution in [2.45, 2.75) is 0 Å². The second kappa shape index (κ2) is 7.61. The molecular formula is C16H15BrN2O3. The van der Waals surface area contributed by atoms with Crippen LogP contribution >= 0.6 is 15.9 Å². The highest BCUT2D eigenvalue weighted by molar-refractivity contribution is 9.10. The van der Waals surface area contributed by atoms with E-state index in [-0.39, 0.29) is 5.91 Å². The molecule has 0 spiro atoms. The molecule has 0 aliphatic carbocycles. The number of benzene rings is 2. The van der Waals surface area contributed by atoms with Crippen LogP contribution in [0.2, 0.25) is 0 Å². The molecule has 5 nitrogen and oxygen atoms in total. The molecule has 114 valence electrons. The van der Waals surface area contributed by atoms with Crippen LogP contribution in [-0.4, -0.2) is 26.3 Å². The summed E-state index contributed by atoms with van der Waals surface area (Å²) in [6.07, 6.45) is 1.54. The lowest BCUT2D eigenvalue weighted by molar-refractivity contribution is 0.0955. The second-order valence-corrected chi connectivity index (χ2v) is 5.24. The van der Waals surface area contributed by atoms with Crippen LogP contribution in [0.1, 0.15) is 15.9 Å². The predicted octanol–water partition coefficient (Wildman–Crippen LogP) is 3.23. The summed E-state index contributed by atoms with van der Waals surface area (Å²) in [5, 5.41) is 3.94. The Bertz CT molecular complexity index is 684.